The third-order valence-corrected chi connectivity index (χ3v) is 9.77. The van der Waals surface area contributed by atoms with E-state index in [-0.39, 0.29) is 26.2 Å². The van der Waals surface area contributed by atoms with E-state index in [2.05, 4.69) is 64.0 Å². The zero-order valence-electron chi connectivity index (χ0n) is 31.8. The number of aromatic nitrogens is 3. The molecular weight excluding hydrogens is 742 g/mol. The van der Waals surface area contributed by atoms with Gasteiger partial charge in [0.1, 0.15) is 36.3 Å². The minimum atomic E-state index is -0.841. The molecule has 292 valence electrons. The van der Waals surface area contributed by atoms with Crippen LogP contribution in [-0.4, -0.2) is 50.8 Å². The summed E-state index contributed by atoms with van der Waals surface area (Å²) in [5, 5.41) is 38.8. The fraction of sp³-hybridized carbons (Fsp3) is 0.250. The number of rotatable bonds is 19. The number of nitrogens with zero attached hydrogens (tertiary/aromatic N) is 4. The van der Waals surface area contributed by atoms with E-state index in [0.717, 1.165) is 61.1 Å². The molecule has 0 atom stereocenters. The van der Waals surface area contributed by atoms with Crippen molar-refractivity contribution >= 4 is 40.0 Å². The monoisotopic (exact) mass is 785 g/mol. The minimum Gasteiger partial charge on any atom is -0.488 e. The number of pyridine rings is 3. The highest BCUT2D eigenvalue weighted by Gasteiger charge is 2.16. The molecule has 0 radical (unpaired) electrons. The SMILES string of the molecule is Cc1c(COc2cc(OCc3cncc(C#N)c3)c(CNCCCC(=O)O)cc2Cl)cccc1-c1cccc(Nc2nccc3cc(CNCCO)cnc23)c1C. The standard InChI is InChI=1S/C44H44ClN7O5/c1-28-34(27-57-41-19-40(56-26-32-16-30(20-46)21-49-23-32)35(18-38(41)45)25-47-12-5-10-42(54)55)6-3-7-36(28)37-8-4-9-39(29(37)2)52-44-43-33(11-13-50-44)17-31(24-51-43)22-48-14-15-53/h3-4,6-9,11,13,16-19,21,23-24,47-48,53H,5,10,12,14-15,22,25-27H2,1-2H3,(H,50,52)(H,54,55). The second kappa shape index (κ2) is 19.7. The maximum atomic E-state index is 11.0. The average molecular weight is 786 g/mol. The van der Waals surface area contributed by atoms with Crippen molar-refractivity contribution in [2.75, 3.05) is 25.0 Å². The number of anilines is 2. The van der Waals surface area contributed by atoms with Crippen LogP contribution in [0.5, 0.6) is 11.5 Å². The number of hydrogen-bond acceptors (Lipinski definition) is 11. The Morgan fingerprint density at radius 3 is 2.44 bits per heavy atom. The van der Waals surface area contributed by atoms with Crippen molar-refractivity contribution in [3.05, 3.63) is 135 Å². The highest BCUT2D eigenvalue weighted by molar-refractivity contribution is 6.32. The van der Waals surface area contributed by atoms with E-state index >= 15 is 0 Å². The number of aliphatic hydroxyl groups excluding tert-OH is 1. The second-order valence-electron chi connectivity index (χ2n) is 13.5. The Kier molecular flexibility index (Phi) is 14.0. The number of hydrogen-bond donors (Lipinski definition) is 5. The van der Waals surface area contributed by atoms with Crippen molar-refractivity contribution in [2.45, 2.75) is 53.0 Å². The lowest BCUT2D eigenvalue weighted by atomic mass is 9.93. The normalized spacial score (nSPS) is 11.0. The summed E-state index contributed by atoms with van der Waals surface area (Å²) >= 11 is 6.79. The van der Waals surface area contributed by atoms with Gasteiger partial charge in [0.15, 0.2) is 5.82 Å². The predicted octanol–water partition coefficient (Wildman–Crippen LogP) is 7.77. The molecule has 0 spiro atoms. The van der Waals surface area contributed by atoms with E-state index in [1.165, 1.54) is 6.20 Å². The summed E-state index contributed by atoms with van der Waals surface area (Å²) in [4.78, 5) is 24.4. The van der Waals surface area contributed by atoms with Crippen molar-refractivity contribution in [3.8, 4) is 28.7 Å². The molecule has 0 saturated heterocycles. The molecule has 3 aromatic carbocycles. The Morgan fingerprint density at radius 2 is 1.63 bits per heavy atom. The Balaban J connectivity index is 1.20. The van der Waals surface area contributed by atoms with E-state index in [9.17, 15) is 10.1 Å². The first kappa shape index (κ1) is 40.6. The first-order chi connectivity index (χ1) is 27.7. The molecule has 13 heteroatoms. The number of nitriles is 1. The number of aliphatic hydroxyl groups is 1. The van der Waals surface area contributed by atoms with E-state index in [4.69, 9.17) is 36.3 Å². The average Bonchev–Trinajstić information content (AvgIpc) is 3.21. The van der Waals surface area contributed by atoms with Gasteiger partial charge in [0.05, 0.1) is 17.2 Å². The Morgan fingerprint density at radius 1 is 0.842 bits per heavy atom. The first-order valence-corrected chi connectivity index (χ1v) is 19.0. The highest BCUT2D eigenvalue weighted by Crippen LogP contribution is 2.37. The predicted molar refractivity (Wildman–Crippen MR) is 221 cm³/mol. The molecule has 0 saturated carbocycles. The van der Waals surface area contributed by atoms with Gasteiger partial charge >= 0.3 is 5.97 Å². The smallest absolute Gasteiger partial charge is 0.303 e. The first-order valence-electron chi connectivity index (χ1n) is 18.6. The maximum Gasteiger partial charge on any atom is 0.303 e. The van der Waals surface area contributed by atoms with Gasteiger partial charge in [-0.05, 0) is 90.5 Å². The van der Waals surface area contributed by atoms with Crippen LogP contribution in [0.15, 0.2) is 91.5 Å². The van der Waals surface area contributed by atoms with Gasteiger partial charge in [0, 0.05) is 79.1 Å². The van der Waals surface area contributed by atoms with Crippen LogP contribution in [0.3, 0.4) is 0 Å². The number of benzene rings is 3. The molecule has 0 unspecified atom stereocenters. The molecule has 3 aromatic heterocycles. The Hall–Kier alpha value is -6.10. The van der Waals surface area contributed by atoms with Crippen LogP contribution in [0, 0.1) is 25.2 Å². The molecule has 3 heterocycles. The molecule has 6 aromatic rings. The Bertz CT molecular complexity index is 2400. The number of fused-ring (bicyclic) bond motifs is 1. The minimum absolute atomic E-state index is 0.0716. The molecule has 0 bridgehead atoms. The lowest BCUT2D eigenvalue weighted by molar-refractivity contribution is -0.137. The van der Waals surface area contributed by atoms with Crippen molar-refractivity contribution in [2.24, 2.45) is 0 Å². The second-order valence-corrected chi connectivity index (χ2v) is 13.9. The van der Waals surface area contributed by atoms with Crippen LogP contribution in [0.2, 0.25) is 5.02 Å². The van der Waals surface area contributed by atoms with Crippen LogP contribution in [0.4, 0.5) is 11.5 Å². The molecule has 0 aliphatic heterocycles. The molecule has 6 rings (SSSR count). The summed E-state index contributed by atoms with van der Waals surface area (Å²) in [6.45, 7) is 6.70. The molecule has 57 heavy (non-hydrogen) atoms. The van der Waals surface area contributed by atoms with Crippen LogP contribution < -0.4 is 25.4 Å². The number of carboxylic acid groups (broad SMARTS) is 1. The number of nitrogens with one attached hydrogen (secondary N) is 3. The van der Waals surface area contributed by atoms with Gasteiger partial charge in [-0.2, -0.15) is 5.26 Å². The highest BCUT2D eigenvalue weighted by atomic mass is 35.5. The van der Waals surface area contributed by atoms with Gasteiger partial charge < -0.3 is 35.6 Å². The van der Waals surface area contributed by atoms with Crippen molar-refractivity contribution in [1.29, 1.82) is 5.26 Å². The molecule has 12 nitrogen and oxygen atoms in total. The fourth-order valence-corrected chi connectivity index (χ4v) is 6.66. The summed E-state index contributed by atoms with van der Waals surface area (Å²) < 4.78 is 12.6. The molecular formula is C44H44ClN7O5. The zero-order chi connectivity index (χ0) is 40.1. The zero-order valence-corrected chi connectivity index (χ0v) is 32.6. The number of ether oxygens (including phenoxy) is 2. The molecule has 0 fully saturated rings. The van der Waals surface area contributed by atoms with Gasteiger partial charge in [-0.1, -0.05) is 41.9 Å². The van der Waals surface area contributed by atoms with Crippen molar-refractivity contribution < 1.29 is 24.5 Å². The topological polar surface area (TPSA) is 175 Å². The third-order valence-electron chi connectivity index (χ3n) is 9.47. The molecule has 0 aliphatic carbocycles. The molecule has 5 N–H and O–H groups in total. The number of halogens is 1. The van der Waals surface area contributed by atoms with Crippen LogP contribution in [0.1, 0.15) is 51.8 Å². The Labute approximate surface area is 336 Å². The lowest BCUT2D eigenvalue weighted by Crippen LogP contribution is -2.17. The van der Waals surface area contributed by atoms with Crippen molar-refractivity contribution in [1.82, 2.24) is 25.6 Å². The van der Waals surface area contributed by atoms with Crippen LogP contribution >= 0.6 is 11.6 Å². The van der Waals surface area contributed by atoms with E-state index in [1.807, 2.05) is 36.5 Å². The van der Waals surface area contributed by atoms with Gasteiger partial charge in [-0.25, -0.2) is 4.98 Å². The molecule has 0 aliphatic rings. The van der Waals surface area contributed by atoms with Gasteiger partial charge in [-0.3, -0.25) is 14.8 Å². The van der Waals surface area contributed by atoms with Gasteiger partial charge in [0.2, 0.25) is 0 Å². The summed E-state index contributed by atoms with van der Waals surface area (Å²) in [6, 6.07) is 23.7. The molecule has 0 amide bonds. The lowest BCUT2D eigenvalue weighted by Gasteiger charge is -2.18. The van der Waals surface area contributed by atoms with Gasteiger partial charge in [0.25, 0.3) is 0 Å². The number of carbonyl (C=O) groups is 1. The number of aliphatic carboxylic acids is 1. The maximum absolute atomic E-state index is 11.0. The summed E-state index contributed by atoms with van der Waals surface area (Å²) in [6.07, 6.45) is 7.30. The van der Waals surface area contributed by atoms with E-state index < -0.39 is 5.97 Å². The fourth-order valence-electron chi connectivity index (χ4n) is 6.42. The van der Waals surface area contributed by atoms with E-state index in [1.54, 1.807) is 30.6 Å². The largest absolute Gasteiger partial charge is 0.488 e. The summed E-state index contributed by atoms with van der Waals surface area (Å²) in [7, 11) is 0. The van der Waals surface area contributed by atoms with Crippen LogP contribution in [-0.2, 0) is 31.1 Å². The quantitative estimate of drug-likeness (QED) is 0.0506. The number of carboxylic acids is 1. The summed E-state index contributed by atoms with van der Waals surface area (Å²) in [5.74, 6) is 0.808. The summed E-state index contributed by atoms with van der Waals surface area (Å²) in [5.41, 5.74) is 9.87. The third kappa shape index (κ3) is 10.6. The van der Waals surface area contributed by atoms with Crippen molar-refractivity contribution in [3.63, 3.8) is 0 Å². The van der Waals surface area contributed by atoms with Gasteiger partial charge in [-0.15, -0.1) is 0 Å². The van der Waals surface area contributed by atoms with Crippen LogP contribution in [0.25, 0.3) is 22.0 Å². The van der Waals surface area contributed by atoms with E-state index in [0.29, 0.717) is 60.5 Å².